The van der Waals surface area contributed by atoms with Crippen LogP contribution in [0, 0.1) is 22.6 Å². The van der Waals surface area contributed by atoms with Gasteiger partial charge in [0, 0.05) is 5.48 Å². The van der Waals surface area contributed by atoms with Crippen molar-refractivity contribution in [2.45, 2.75) is 72.6 Å². The highest BCUT2D eigenvalue weighted by Gasteiger charge is 2.43. The molecular formula is C15H28. The van der Waals surface area contributed by atoms with Crippen molar-refractivity contribution in [3.05, 3.63) is 0 Å². The minimum atomic E-state index is -1.59. The third-order valence-corrected chi connectivity index (χ3v) is 4.12. The van der Waals surface area contributed by atoms with Crippen LogP contribution < -0.4 is 0 Å². The lowest BCUT2D eigenvalue weighted by atomic mass is 9.59. The van der Waals surface area contributed by atoms with Crippen molar-refractivity contribution >= 4 is 0 Å². The van der Waals surface area contributed by atoms with Crippen LogP contribution in [0.2, 0.25) is 0 Å². The molecule has 0 nitrogen and oxygen atoms in total. The first-order chi connectivity index (χ1) is 8.37. The van der Waals surface area contributed by atoms with Gasteiger partial charge >= 0.3 is 0 Å². The van der Waals surface area contributed by atoms with Crippen molar-refractivity contribution in [2.24, 2.45) is 22.6 Å². The van der Waals surface area contributed by atoms with Crippen LogP contribution >= 0.6 is 0 Å². The maximum Gasteiger partial charge on any atom is 0.0311 e. The summed E-state index contributed by atoms with van der Waals surface area (Å²) in [6.45, 7) is 7.54. The average molecular weight is 212 g/mol. The van der Waals surface area contributed by atoms with Crippen molar-refractivity contribution in [1.29, 1.82) is 0 Å². The fourth-order valence-corrected chi connectivity index (χ4v) is 3.52. The third kappa shape index (κ3) is 2.24. The molecule has 0 aliphatic heterocycles. The average Bonchev–Trinajstić information content (AvgIpc) is 2.58. The summed E-state index contributed by atoms with van der Waals surface area (Å²) in [7, 11) is 0. The number of hydrogen-bond donors (Lipinski definition) is 0. The Hall–Kier alpha value is 0. The van der Waals surface area contributed by atoms with Gasteiger partial charge in [-0.1, -0.05) is 40.5 Å². The maximum absolute atomic E-state index is 8.86. The molecule has 15 heavy (non-hydrogen) atoms. The van der Waals surface area contributed by atoms with E-state index >= 15 is 0 Å². The molecule has 0 bridgehead atoms. The third-order valence-electron chi connectivity index (χ3n) is 4.12. The topological polar surface area (TPSA) is 0 Å². The SMILES string of the molecule is [2H]C1([2H])CC2(CCCC2)CC([2H])(C)C1([2H])C(C)(C)C. The summed E-state index contributed by atoms with van der Waals surface area (Å²) in [5.74, 6) is -2.39. The predicted octanol–water partition coefficient (Wildman–Crippen LogP) is 5.03. The van der Waals surface area contributed by atoms with Crippen molar-refractivity contribution in [3.63, 3.8) is 0 Å². The van der Waals surface area contributed by atoms with E-state index in [1.807, 2.05) is 20.8 Å². The van der Waals surface area contributed by atoms with Gasteiger partial charge in [0.1, 0.15) is 0 Å². The van der Waals surface area contributed by atoms with Crippen LogP contribution in [0.4, 0.5) is 0 Å². The molecule has 0 heterocycles. The second-order valence-corrected chi connectivity index (χ2v) is 6.64. The molecule has 2 atom stereocenters. The van der Waals surface area contributed by atoms with Crippen molar-refractivity contribution in [1.82, 2.24) is 0 Å². The minimum absolute atomic E-state index is 0.0181. The lowest BCUT2D eigenvalue weighted by Crippen LogP contribution is -2.36. The van der Waals surface area contributed by atoms with Gasteiger partial charge in [-0.05, 0) is 54.7 Å². The molecule has 0 aromatic rings. The minimum Gasteiger partial charge on any atom is -0.0622 e. The Morgan fingerprint density at radius 1 is 1.20 bits per heavy atom. The van der Waals surface area contributed by atoms with E-state index in [-0.39, 0.29) is 5.41 Å². The van der Waals surface area contributed by atoms with Crippen LogP contribution in [0.15, 0.2) is 0 Å². The van der Waals surface area contributed by atoms with Gasteiger partial charge in [-0.2, -0.15) is 0 Å². The molecule has 0 aromatic heterocycles. The molecule has 2 rings (SSSR count). The lowest BCUT2D eigenvalue weighted by Gasteiger charge is -2.46. The van der Waals surface area contributed by atoms with Crippen LogP contribution in [0.5, 0.6) is 0 Å². The summed E-state index contributed by atoms with van der Waals surface area (Å²) in [5.41, 5.74) is -0.553. The molecule has 2 unspecified atom stereocenters. The smallest absolute Gasteiger partial charge is 0.0311 e. The van der Waals surface area contributed by atoms with Gasteiger partial charge in [-0.15, -0.1) is 0 Å². The van der Waals surface area contributed by atoms with Gasteiger partial charge in [0.05, 0.1) is 0 Å². The summed E-state index contributed by atoms with van der Waals surface area (Å²) in [6, 6.07) is 0. The van der Waals surface area contributed by atoms with Crippen molar-refractivity contribution in [2.75, 3.05) is 0 Å². The van der Waals surface area contributed by atoms with Crippen LogP contribution in [-0.2, 0) is 0 Å². The van der Waals surface area contributed by atoms with E-state index in [2.05, 4.69) is 0 Å². The Bertz CT molecular complexity index is 339. The molecule has 0 aromatic carbocycles. The summed E-state index contributed by atoms with van der Waals surface area (Å²) in [4.78, 5) is 0. The first kappa shape index (κ1) is 7.35. The Morgan fingerprint density at radius 2 is 1.80 bits per heavy atom. The Balaban J connectivity index is 2.48. The molecule has 2 aliphatic carbocycles. The highest BCUT2D eigenvalue weighted by molar-refractivity contribution is 4.94. The fourth-order valence-electron chi connectivity index (χ4n) is 3.52. The first-order valence-corrected chi connectivity index (χ1v) is 6.37. The van der Waals surface area contributed by atoms with E-state index in [9.17, 15) is 0 Å². The molecule has 1 spiro atoms. The zero-order valence-electron chi connectivity index (χ0n) is 14.7. The fraction of sp³-hybridized carbons (Fsp3) is 1.00. The maximum atomic E-state index is 8.86. The van der Waals surface area contributed by atoms with E-state index in [1.165, 1.54) is 0 Å². The van der Waals surface area contributed by atoms with E-state index in [0.29, 0.717) is 12.8 Å². The Kier molecular flexibility index (Phi) is 1.85. The van der Waals surface area contributed by atoms with Gasteiger partial charge < -0.3 is 0 Å². The summed E-state index contributed by atoms with van der Waals surface area (Å²) >= 11 is 0. The van der Waals surface area contributed by atoms with Gasteiger partial charge in [0.15, 0.2) is 0 Å². The zero-order valence-corrected chi connectivity index (χ0v) is 10.7. The molecule has 0 saturated heterocycles. The molecule has 2 saturated carbocycles. The molecular weight excluding hydrogens is 180 g/mol. The lowest BCUT2D eigenvalue weighted by molar-refractivity contribution is 0.0400. The molecule has 2 aliphatic rings. The monoisotopic (exact) mass is 212 g/mol. The summed E-state index contributed by atoms with van der Waals surface area (Å²) in [5, 5.41) is 0. The standard InChI is InChI=1S/C15H28/c1-12-11-15(8-5-6-9-15)10-7-13(12)14(2,3)4/h12-13H,5-11H2,1-4H3/i7D2,12D,13D. The van der Waals surface area contributed by atoms with Crippen LogP contribution in [0.25, 0.3) is 0 Å². The molecule has 0 radical (unpaired) electrons. The van der Waals surface area contributed by atoms with E-state index in [0.717, 1.165) is 25.7 Å². The van der Waals surface area contributed by atoms with E-state index in [4.69, 9.17) is 5.48 Å². The van der Waals surface area contributed by atoms with Crippen molar-refractivity contribution < 1.29 is 5.48 Å². The highest BCUT2D eigenvalue weighted by atomic mass is 14.5. The second kappa shape index (κ2) is 3.79. The van der Waals surface area contributed by atoms with E-state index in [1.54, 1.807) is 6.92 Å². The van der Waals surface area contributed by atoms with Gasteiger partial charge in [-0.25, -0.2) is 0 Å². The summed E-state index contributed by atoms with van der Waals surface area (Å²) < 4.78 is 34.7. The number of rotatable bonds is 0. The molecule has 88 valence electrons. The molecule has 0 heteroatoms. The highest BCUT2D eigenvalue weighted by Crippen LogP contribution is 2.55. The van der Waals surface area contributed by atoms with Crippen molar-refractivity contribution in [3.8, 4) is 0 Å². The molecule has 2 fully saturated rings. The largest absolute Gasteiger partial charge is 0.0622 e. The molecule has 0 amide bonds. The number of hydrogen-bond acceptors (Lipinski definition) is 0. The van der Waals surface area contributed by atoms with Crippen LogP contribution in [-0.4, -0.2) is 0 Å². The van der Waals surface area contributed by atoms with Crippen LogP contribution in [0.1, 0.15) is 78.1 Å². The summed E-state index contributed by atoms with van der Waals surface area (Å²) in [6.07, 6.45) is 3.96. The Labute approximate surface area is 101 Å². The van der Waals surface area contributed by atoms with E-state index < -0.39 is 23.6 Å². The first-order valence-electron chi connectivity index (χ1n) is 8.37. The predicted molar refractivity (Wildman–Crippen MR) is 66.9 cm³/mol. The van der Waals surface area contributed by atoms with Gasteiger partial charge in [0.2, 0.25) is 0 Å². The second-order valence-electron chi connectivity index (χ2n) is 6.64. The zero-order chi connectivity index (χ0) is 14.7. The van der Waals surface area contributed by atoms with Gasteiger partial charge in [0.25, 0.3) is 0 Å². The normalized spacial score (nSPS) is 53.1. The van der Waals surface area contributed by atoms with Crippen LogP contribution in [0.3, 0.4) is 0 Å². The van der Waals surface area contributed by atoms with Gasteiger partial charge in [-0.3, -0.25) is 0 Å². The Morgan fingerprint density at radius 3 is 2.27 bits per heavy atom. The molecule has 0 N–H and O–H groups in total. The quantitative estimate of drug-likeness (QED) is 0.528.